The number of halogens is 1. The number of sulfonamides is 1. The molecule has 154 valence electrons. The maximum absolute atomic E-state index is 12.8. The van der Waals surface area contributed by atoms with Crippen molar-refractivity contribution in [3.05, 3.63) is 87.9 Å². The Bertz CT molecular complexity index is 1180. The van der Waals surface area contributed by atoms with Crippen LogP contribution in [-0.2, 0) is 19.5 Å². The third-order valence-electron chi connectivity index (χ3n) is 4.46. The lowest BCUT2D eigenvalue weighted by atomic mass is 9.99. The number of methoxy groups -OCH3 is 2. The van der Waals surface area contributed by atoms with Gasteiger partial charge in [-0.2, -0.15) is 12.8 Å². The zero-order valence-electron chi connectivity index (χ0n) is 16.7. The van der Waals surface area contributed by atoms with Gasteiger partial charge in [-0.05, 0) is 61.5 Å². The molecule has 0 bridgehead atoms. The van der Waals surface area contributed by atoms with Crippen LogP contribution in [-0.4, -0.2) is 34.1 Å². The van der Waals surface area contributed by atoms with Crippen LogP contribution in [0.15, 0.2) is 86.1 Å². The summed E-state index contributed by atoms with van der Waals surface area (Å²) in [6.07, 6.45) is 4.76. The second-order valence-electron chi connectivity index (χ2n) is 6.54. The molecule has 2 aromatic carbocycles. The smallest absolute Gasteiger partial charge is 0.282 e. The molecule has 0 amide bonds. The number of ether oxygens (including phenoxy) is 2. The Morgan fingerprint density at radius 1 is 0.967 bits per heavy atom. The van der Waals surface area contributed by atoms with E-state index in [0.29, 0.717) is 5.57 Å². The Labute approximate surface area is 185 Å². The minimum absolute atomic E-state index is 0.115. The van der Waals surface area contributed by atoms with Crippen molar-refractivity contribution >= 4 is 31.7 Å². The Morgan fingerprint density at radius 3 is 2.20 bits per heavy atom. The van der Waals surface area contributed by atoms with E-state index in [2.05, 4.69) is 32.2 Å². The first-order valence-corrected chi connectivity index (χ1v) is 11.2. The summed E-state index contributed by atoms with van der Waals surface area (Å²) in [5, 5.41) is 0. The van der Waals surface area contributed by atoms with E-state index in [-0.39, 0.29) is 10.6 Å². The predicted molar refractivity (Wildman–Crippen MR) is 121 cm³/mol. The van der Waals surface area contributed by atoms with Crippen LogP contribution in [0.2, 0.25) is 0 Å². The molecule has 0 aliphatic heterocycles. The average molecular weight is 486 g/mol. The molecule has 2 aromatic rings. The van der Waals surface area contributed by atoms with Crippen LogP contribution in [0, 0.1) is 18.8 Å². The first kappa shape index (κ1) is 22.2. The summed E-state index contributed by atoms with van der Waals surface area (Å²) in [7, 11) is -0.918. The van der Waals surface area contributed by atoms with Gasteiger partial charge in [0.2, 0.25) is 5.79 Å². The Kier molecular flexibility index (Phi) is 6.74. The summed E-state index contributed by atoms with van der Waals surface area (Å²) in [5.41, 5.74) is 2.34. The Hall–Kier alpha value is -2.50. The van der Waals surface area contributed by atoms with Gasteiger partial charge in [-0.15, -0.1) is 0 Å². The highest BCUT2D eigenvalue weighted by atomic mass is 79.9. The normalized spacial score (nSPS) is 16.7. The minimum Gasteiger partial charge on any atom is -0.346 e. The van der Waals surface area contributed by atoms with E-state index >= 15 is 0 Å². The third-order valence-corrected chi connectivity index (χ3v) is 6.29. The second-order valence-corrected chi connectivity index (χ2v) is 9.06. The molecule has 3 rings (SSSR count). The molecular formula is C23H20BrNO4S. The lowest BCUT2D eigenvalue weighted by Crippen LogP contribution is -2.32. The lowest BCUT2D eigenvalue weighted by Gasteiger charge is -2.27. The quantitative estimate of drug-likeness (QED) is 0.474. The first-order chi connectivity index (χ1) is 14.3. The van der Waals surface area contributed by atoms with Crippen molar-refractivity contribution in [2.24, 2.45) is 4.40 Å². The van der Waals surface area contributed by atoms with Gasteiger partial charge in [0, 0.05) is 24.3 Å². The van der Waals surface area contributed by atoms with Crippen molar-refractivity contribution in [3.8, 4) is 11.8 Å². The molecule has 0 fully saturated rings. The van der Waals surface area contributed by atoms with Crippen molar-refractivity contribution in [1.82, 2.24) is 0 Å². The monoisotopic (exact) mass is 485 g/mol. The molecule has 1 aliphatic rings. The molecule has 0 saturated heterocycles. The molecule has 0 aromatic heterocycles. The molecule has 0 atom stereocenters. The van der Waals surface area contributed by atoms with Crippen LogP contribution < -0.4 is 0 Å². The van der Waals surface area contributed by atoms with E-state index in [1.54, 1.807) is 30.4 Å². The summed E-state index contributed by atoms with van der Waals surface area (Å²) >= 11 is 3.39. The predicted octanol–water partition coefficient (Wildman–Crippen LogP) is 4.42. The number of nitrogens with zero attached hydrogens (tertiary/aromatic N) is 1. The summed E-state index contributed by atoms with van der Waals surface area (Å²) in [4.78, 5) is 0.115. The number of hydrogen-bond acceptors (Lipinski definition) is 4. The summed E-state index contributed by atoms with van der Waals surface area (Å²) in [5.74, 6) is 4.89. The lowest BCUT2D eigenvalue weighted by molar-refractivity contribution is -0.133. The van der Waals surface area contributed by atoms with E-state index in [0.717, 1.165) is 15.6 Å². The number of aryl methyl sites for hydroxylation is 1. The van der Waals surface area contributed by atoms with Crippen LogP contribution in [0.3, 0.4) is 0 Å². The molecule has 0 unspecified atom stereocenters. The summed E-state index contributed by atoms with van der Waals surface area (Å²) in [6, 6.07) is 14.0. The topological polar surface area (TPSA) is 65.0 Å². The highest BCUT2D eigenvalue weighted by molar-refractivity contribution is 9.10. The van der Waals surface area contributed by atoms with Crippen LogP contribution in [0.25, 0.3) is 0 Å². The van der Waals surface area contributed by atoms with Gasteiger partial charge in [-0.1, -0.05) is 45.5 Å². The van der Waals surface area contributed by atoms with Gasteiger partial charge < -0.3 is 9.47 Å². The molecule has 30 heavy (non-hydrogen) atoms. The van der Waals surface area contributed by atoms with Gasteiger partial charge in [-0.25, -0.2) is 0 Å². The maximum Gasteiger partial charge on any atom is 0.282 e. The standard InChI is InChI=1S/C23H20BrNO4S/c1-17-4-12-21(13-5-17)30(26,27)25-22-14-15-23(28-2,29-3)16-19(22)9-6-18-7-10-20(24)11-8-18/h4-5,7-8,10-16H,1-3H3/b25-22+. The summed E-state index contributed by atoms with van der Waals surface area (Å²) < 4.78 is 41.5. The molecular weight excluding hydrogens is 466 g/mol. The molecule has 0 heterocycles. The zero-order valence-corrected chi connectivity index (χ0v) is 19.1. The average Bonchev–Trinajstić information content (AvgIpc) is 2.74. The largest absolute Gasteiger partial charge is 0.346 e. The third kappa shape index (κ3) is 5.15. The SMILES string of the molecule is COC1(OC)C=C/C(=N\S(=O)(=O)c2ccc(C)cc2)C(C#Cc2ccc(Br)cc2)=C1. The molecule has 7 heteroatoms. The van der Waals surface area contributed by atoms with Crippen LogP contribution in [0.4, 0.5) is 0 Å². The van der Waals surface area contributed by atoms with Gasteiger partial charge >= 0.3 is 0 Å². The number of hydrogen-bond donors (Lipinski definition) is 0. The molecule has 0 radical (unpaired) electrons. The number of rotatable bonds is 4. The van der Waals surface area contributed by atoms with E-state index < -0.39 is 15.8 Å². The molecule has 5 nitrogen and oxygen atoms in total. The van der Waals surface area contributed by atoms with Crippen molar-refractivity contribution in [2.45, 2.75) is 17.6 Å². The highest BCUT2D eigenvalue weighted by Crippen LogP contribution is 2.25. The fourth-order valence-electron chi connectivity index (χ4n) is 2.69. The van der Waals surface area contributed by atoms with Crippen molar-refractivity contribution < 1.29 is 17.9 Å². The second kappa shape index (κ2) is 9.11. The van der Waals surface area contributed by atoms with E-state index in [4.69, 9.17) is 9.47 Å². The van der Waals surface area contributed by atoms with E-state index in [1.165, 1.54) is 26.4 Å². The van der Waals surface area contributed by atoms with Crippen molar-refractivity contribution in [1.29, 1.82) is 0 Å². The number of benzene rings is 2. The Balaban J connectivity index is 2.06. The maximum atomic E-state index is 12.8. The molecule has 0 saturated carbocycles. The van der Waals surface area contributed by atoms with Crippen molar-refractivity contribution in [2.75, 3.05) is 14.2 Å². The summed E-state index contributed by atoms with van der Waals surface area (Å²) in [6.45, 7) is 1.89. The van der Waals surface area contributed by atoms with Gasteiger partial charge in [0.1, 0.15) is 0 Å². The van der Waals surface area contributed by atoms with Crippen molar-refractivity contribution in [3.63, 3.8) is 0 Å². The fourth-order valence-corrected chi connectivity index (χ4v) is 3.96. The number of allylic oxidation sites excluding steroid dienone is 2. The molecule has 0 spiro atoms. The van der Waals surface area contributed by atoms with Gasteiger partial charge in [0.05, 0.1) is 16.2 Å². The van der Waals surface area contributed by atoms with E-state index in [1.807, 2.05) is 31.2 Å². The van der Waals surface area contributed by atoms with Crippen LogP contribution in [0.1, 0.15) is 11.1 Å². The molecule has 1 aliphatic carbocycles. The van der Waals surface area contributed by atoms with Gasteiger partial charge in [0.15, 0.2) is 0 Å². The van der Waals surface area contributed by atoms with Gasteiger partial charge in [0.25, 0.3) is 10.0 Å². The van der Waals surface area contributed by atoms with Crippen LogP contribution >= 0.6 is 15.9 Å². The first-order valence-electron chi connectivity index (χ1n) is 8.99. The molecule has 0 N–H and O–H groups in total. The Morgan fingerprint density at radius 2 is 1.60 bits per heavy atom. The zero-order chi connectivity index (χ0) is 21.8. The van der Waals surface area contributed by atoms with Crippen LogP contribution in [0.5, 0.6) is 0 Å². The fraction of sp³-hybridized carbons (Fsp3) is 0.174. The minimum atomic E-state index is -3.91. The highest BCUT2D eigenvalue weighted by Gasteiger charge is 2.29. The van der Waals surface area contributed by atoms with E-state index in [9.17, 15) is 8.42 Å². The van der Waals surface area contributed by atoms with Gasteiger partial charge in [-0.3, -0.25) is 0 Å².